The second-order valence-electron chi connectivity index (χ2n) is 5.10. The Morgan fingerprint density at radius 2 is 2.12 bits per heavy atom. The van der Waals surface area contributed by atoms with Crippen molar-refractivity contribution in [2.45, 2.75) is 51.5 Å². The second kappa shape index (κ2) is 5.00. The summed E-state index contributed by atoms with van der Waals surface area (Å²) < 4.78 is 0. The Kier molecular flexibility index (Phi) is 3.62. The van der Waals surface area contributed by atoms with Crippen LogP contribution in [0.25, 0.3) is 0 Å². The molecule has 0 spiro atoms. The maximum Gasteiger partial charge on any atom is 0.133 e. The van der Waals surface area contributed by atoms with Gasteiger partial charge in [-0.1, -0.05) is 6.92 Å². The Morgan fingerprint density at radius 3 is 2.82 bits per heavy atom. The van der Waals surface area contributed by atoms with Crippen molar-refractivity contribution in [2.24, 2.45) is 5.73 Å². The van der Waals surface area contributed by atoms with Crippen LogP contribution in [0.2, 0.25) is 0 Å². The summed E-state index contributed by atoms with van der Waals surface area (Å²) in [5.41, 5.74) is 8.28. The minimum Gasteiger partial charge on any atom is -0.363 e. The summed E-state index contributed by atoms with van der Waals surface area (Å²) in [6.45, 7) is 4.90. The summed E-state index contributed by atoms with van der Waals surface area (Å²) in [7, 11) is 0. The van der Waals surface area contributed by atoms with Gasteiger partial charge in [0.05, 0.1) is 0 Å². The number of hydrogen-bond donors (Lipinski definition) is 2. The van der Waals surface area contributed by atoms with Crippen molar-refractivity contribution in [3.63, 3.8) is 0 Å². The van der Waals surface area contributed by atoms with Crippen molar-refractivity contribution < 1.29 is 0 Å². The van der Waals surface area contributed by atoms with Crippen LogP contribution in [0.1, 0.15) is 44.4 Å². The van der Waals surface area contributed by atoms with Crippen LogP contribution in [-0.2, 0) is 12.8 Å². The van der Waals surface area contributed by atoms with E-state index < -0.39 is 0 Å². The molecular weight excluding hydrogens is 212 g/mol. The number of hydrogen-bond acceptors (Lipinski definition) is 4. The minimum atomic E-state index is -0.0699. The zero-order valence-electron chi connectivity index (χ0n) is 10.8. The van der Waals surface area contributed by atoms with Crippen LogP contribution in [0.15, 0.2) is 6.33 Å². The largest absolute Gasteiger partial charge is 0.363 e. The lowest BCUT2D eigenvalue weighted by Crippen LogP contribution is -2.42. The van der Waals surface area contributed by atoms with E-state index in [1.807, 2.05) is 0 Å². The van der Waals surface area contributed by atoms with Gasteiger partial charge in [0.25, 0.3) is 0 Å². The molecule has 2 rings (SSSR count). The first-order valence-corrected chi connectivity index (χ1v) is 6.49. The van der Waals surface area contributed by atoms with E-state index >= 15 is 0 Å². The Hall–Kier alpha value is -1.16. The van der Waals surface area contributed by atoms with E-state index in [1.54, 1.807) is 6.33 Å². The quantitative estimate of drug-likeness (QED) is 0.835. The van der Waals surface area contributed by atoms with Crippen molar-refractivity contribution in [3.05, 3.63) is 17.6 Å². The number of fused-ring (bicyclic) bond motifs is 1. The first kappa shape index (κ1) is 12.3. The molecule has 1 aliphatic carbocycles. The van der Waals surface area contributed by atoms with Crippen LogP contribution < -0.4 is 11.1 Å². The molecular formula is C13H22N4. The zero-order valence-corrected chi connectivity index (χ0v) is 10.8. The molecule has 1 unspecified atom stereocenters. The van der Waals surface area contributed by atoms with Gasteiger partial charge in [-0.25, -0.2) is 9.97 Å². The Balaban J connectivity index is 2.27. The van der Waals surface area contributed by atoms with E-state index in [4.69, 9.17) is 5.73 Å². The predicted molar refractivity (Wildman–Crippen MR) is 70.0 cm³/mol. The fourth-order valence-electron chi connectivity index (χ4n) is 2.20. The van der Waals surface area contributed by atoms with E-state index in [0.29, 0.717) is 6.54 Å². The molecule has 1 aromatic rings. The summed E-state index contributed by atoms with van der Waals surface area (Å²) in [6.07, 6.45) is 7.30. The number of nitrogens with two attached hydrogens (primary N) is 1. The van der Waals surface area contributed by atoms with Gasteiger partial charge in [0.2, 0.25) is 0 Å². The Morgan fingerprint density at radius 1 is 1.35 bits per heavy atom. The molecule has 1 heterocycles. The second-order valence-corrected chi connectivity index (χ2v) is 5.10. The van der Waals surface area contributed by atoms with Gasteiger partial charge in [-0.15, -0.1) is 0 Å². The van der Waals surface area contributed by atoms with E-state index in [-0.39, 0.29) is 5.54 Å². The fourth-order valence-corrected chi connectivity index (χ4v) is 2.20. The highest BCUT2D eigenvalue weighted by Crippen LogP contribution is 2.26. The summed E-state index contributed by atoms with van der Waals surface area (Å²) in [5.74, 6) is 0.990. The third-order valence-electron chi connectivity index (χ3n) is 3.78. The molecule has 1 atom stereocenters. The van der Waals surface area contributed by atoms with Crippen molar-refractivity contribution >= 4 is 5.82 Å². The van der Waals surface area contributed by atoms with Gasteiger partial charge in [-0.2, -0.15) is 0 Å². The number of rotatable bonds is 4. The lowest BCUT2D eigenvalue weighted by atomic mass is 9.94. The fraction of sp³-hybridized carbons (Fsp3) is 0.692. The van der Waals surface area contributed by atoms with Crippen molar-refractivity contribution in [3.8, 4) is 0 Å². The van der Waals surface area contributed by atoms with Crippen molar-refractivity contribution in [1.29, 1.82) is 0 Å². The van der Waals surface area contributed by atoms with Crippen molar-refractivity contribution in [2.75, 3.05) is 11.9 Å². The van der Waals surface area contributed by atoms with Gasteiger partial charge in [0, 0.05) is 23.3 Å². The van der Waals surface area contributed by atoms with E-state index in [1.165, 1.54) is 24.1 Å². The average Bonchev–Trinajstić information content (AvgIpc) is 2.39. The van der Waals surface area contributed by atoms with E-state index in [9.17, 15) is 0 Å². The van der Waals surface area contributed by atoms with Crippen LogP contribution in [0.4, 0.5) is 5.82 Å². The molecule has 0 saturated carbocycles. The molecule has 0 aliphatic heterocycles. The smallest absolute Gasteiger partial charge is 0.133 e. The third kappa shape index (κ3) is 2.57. The molecule has 1 aliphatic rings. The summed E-state index contributed by atoms with van der Waals surface area (Å²) >= 11 is 0. The van der Waals surface area contributed by atoms with Crippen LogP contribution in [0, 0.1) is 0 Å². The Bertz CT molecular complexity index is 385. The molecule has 0 bridgehead atoms. The maximum absolute atomic E-state index is 5.84. The number of aryl methyl sites for hydroxylation is 1. The number of anilines is 1. The molecule has 94 valence electrons. The maximum atomic E-state index is 5.84. The predicted octanol–water partition coefficient (Wildman–Crippen LogP) is 1.89. The summed E-state index contributed by atoms with van der Waals surface area (Å²) in [5, 5.41) is 3.51. The normalized spacial score (nSPS) is 18.3. The van der Waals surface area contributed by atoms with Gasteiger partial charge >= 0.3 is 0 Å². The SMILES string of the molecule is CCC(C)(CN)Nc1ncnc2c1CCCC2. The van der Waals surface area contributed by atoms with E-state index in [2.05, 4.69) is 29.1 Å². The highest BCUT2D eigenvalue weighted by atomic mass is 15.1. The van der Waals surface area contributed by atoms with Crippen molar-refractivity contribution in [1.82, 2.24) is 9.97 Å². The standard InChI is InChI=1S/C13H22N4/c1-3-13(2,8-14)17-12-10-6-4-5-7-11(10)15-9-16-12/h9H,3-8,14H2,1-2H3,(H,15,16,17). The highest BCUT2D eigenvalue weighted by Gasteiger charge is 2.23. The van der Waals surface area contributed by atoms with Gasteiger partial charge in [0.15, 0.2) is 0 Å². The molecule has 4 heteroatoms. The molecule has 17 heavy (non-hydrogen) atoms. The van der Waals surface area contributed by atoms with E-state index in [0.717, 1.165) is 25.1 Å². The number of aromatic nitrogens is 2. The first-order chi connectivity index (χ1) is 8.18. The molecule has 0 aromatic carbocycles. The summed E-state index contributed by atoms with van der Waals surface area (Å²) in [6, 6.07) is 0. The first-order valence-electron chi connectivity index (χ1n) is 6.49. The molecule has 0 radical (unpaired) electrons. The lowest BCUT2D eigenvalue weighted by Gasteiger charge is -2.30. The third-order valence-corrected chi connectivity index (χ3v) is 3.78. The zero-order chi connectivity index (χ0) is 12.3. The van der Waals surface area contributed by atoms with Gasteiger partial charge < -0.3 is 11.1 Å². The lowest BCUT2D eigenvalue weighted by molar-refractivity contribution is 0.502. The van der Waals surface area contributed by atoms with Crippen LogP contribution in [0.5, 0.6) is 0 Å². The molecule has 0 saturated heterocycles. The van der Waals surface area contributed by atoms with Crippen LogP contribution >= 0.6 is 0 Å². The molecule has 0 amide bonds. The Labute approximate surface area is 103 Å². The monoisotopic (exact) mass is 234 g/mol. The topological polar surface area (TPSA) is 63.8 Å². The number of nitrogens with zero attached hydrogens (tertiary/aromatic N) is 2. The van der Waals surface area contributed by atoms with Crippen LogP contribution in [-0.4, -0.2) is 22.1 Å². The summed E-state index contributed by atoms with van der Waals surface area (Å²) in [4.78, 5) is 8.77. The molecule has 3 N–H and O–H groups in total. The van der Waals surface area contributed by atoms with Crippen LogP contribution in [0.3, 0.4) is 0 Å². The van der Waals surface area contributed by atoms with Gasteiger partial charge in [0.1, 0.15) is 12.1 Å². The minimum absolute atomic E-state index is 0.0699. The molecule has 4 nitrogen and oxygen atoms in total. The van der Waals surface area contributed by atoms with Gasteiger partial charge in [-0.05, 0) is 39.0 Å². The van der Waals surface area contributed by atoms with Gasteiger partial charge in [-0.3, -0.25) is 0 Å². The molecule has 1 aromatic heterocycles. The molecule has 0 fully saturated rings. The number of nitrogens with one attached hydrogen (secondary N) is 1. The highest BCUT2D eigenvalue weighted by molar-refractivity contribution is 5.48. The average molecular weight is 234 g/mol.